The highest BCUT2D eigenvalue weighted by Gasteiger charge is 2.22. The Bertz CT molecular complexity index is 1050. The van der Waals surface area contributed by atoms with E-state index in [0.717, 1.165) is 15.6 Å². The molecule has 0 heterocycles. The second kappa shape index (κ2) is 8.37. The van der Waals surface area contributed by atoms with E-state index in [1.165, 1.54) is 26.2 Å². The van der Waals surface area contributed by atoms with Crippen LogP contribution in [0.5, 0.6) is 0 Å². The van der Waals surface area contributed by atoms with Crippen molar-refractivity contribution in [2.75, 3.05) is 19.0 Å². The lowest BCUT2D eigenvalue weighted by Crippen LogP contribution is -2.30. The normalized spacial score (nSPS) is 11.4. The van der Waals surface area contributed by atoms with Gasteiger partial charge in [-0.2, -0.15) is 0 Å². The van der Waals surface area contributed by atoms with Crippen molar-refractivity contribution in [1.82, 2.24) is 4.31 Å². The van der Waals surface area contributed by atoms with Crippen LogP contribution in [0.25, 0.3) is 0 Å². The molecule has 0 unspecified atom stereocenters. The van der Waals surface area contributed by atoms with E-state index in [1.807, 2.05) is 60.7 Å². The van der Waals surface area contributed by atoms with Gasteiger partial charge < -0.3 is 4.90 Å². The Morgan fingerprint density at radius 2 is 1.43 bits per heavy atom. The van der Waals surface area contributed by atoms with E-state index < -0.39 is 10.0 Å². The van der Waals surface area contributed by atoms with E-state index >= 15 is 0 Å². The van der Waals surface area contributed by atoms with Gasteiger partial charge in [0.05, 0.1) is 11.4 Å². The molecule has 0 radical (unpaired) electrons. The number of carbonyl (C=O) groups excluding carboxylic acids is 1. The van der Waals surface area contributed by atoms with Crippen molar-refractivity contribution in [3.63, 3.8) is 0 Å². The van der Waals surface area contributed by atoms with Gasteiger partial charge in [-0.15, -0.1) is 0 Å². The Morgan fingerprint density at radius 1 is 0.821 bits per heavy atom. The first kappa shape index (κ1) is 19.8. The lowest BCUT2D eigenvalue weighted by molar-refractivity contribution is 0.0985. The highest BCUT2D eigenvalue weighted by molar-refractivity contribution is 7.89. The number of hydrogen-bond donors (Lipinski definition) is 0. The Labute approximate surface area is 165 Å². The van der Waals surface area contributed by atoms with E-state index in [-0.39, 0.29) is 10.8 Å². The van der Waals surface area contributed by atoms with Crippen molar-refractivity contribution in [2.24, 2.45) is 0 Å². The first-order valence-electron chi connectivity index (χ1n) is 8.83. The molecule has 0 atom stereocenters. The van der Waals surface area contributed by atoms with E-state index in [2.05, 4.69) is 0 Å². The molecule has 0 aliphatic rings. The highest BCUT2D eigenvalue weighted by atomic mass is 32.2. The second-order valence-corrected chi connectivity index (χ2v) is 8.68. The van der Waals surface area contributed by atoms with Gasteiger partial charge in [-0.3, -0.25) is 4.79 Å². The minimum atomic E-state index is -3.62. The summed E-state index contributed by atoms with van der Waals surface area (Å²) in [4.78, 5) is 15.1. The zero-order chi connectivity index (χ0) is 20.1. The number of carbonyl (C=O) groups is 1. The van der Waals surface area contributed by atoms with Crippen LogP contribution in [0.4, 0.5) is 5.69 Å². The van der Waals surface area contributed by atoms with Crippen LogP contribution in [0.1, 0.15) is 15.9 Å². The quantitative estimate of drug-likeness (QED) is 0.639. The maximum Gasteiger partial charge on any atom is 0.258 e. The van der Waals surface area contributed by atoms with Crippen molar-refractivity contribution in [1.29, 1.82) is 0 Å². The molecule has 0 spiro atoms. The molecule has 1 amide bonds. The molecule has 28 heavy (non-hydrogen) atoms. The minimum absolute atomic E-state index is 0.0936. The molecule has 0 N–H and O–H groups in total. The number of nitrogens with zero attached hydrogens (tertiary/aromatic N) is 2. The Balaban J connectivity index is 2.00. The maximum atomic E-state index is 13.3. The summed E-state index contributed by atoms with van der Waals surface area (Å²) in [6, 6.07) is 25.2. The van der Waals surface area contributed by atoms with Crippen molar-refractivity contribution in [2.45, 2.75) is 11.4 Å². The fraction of sp³-hybridized carbons (Fsp3) is 0.136. The van der Waals surface area contributed by atoms with E-state index in [4.69, 9.17) is 0 Å². The molecule has 6 heteroatoms. The number of rotatable bonds is 6. The third kappa shape index (κ3) is 4.30. The zero-order valence-corrected chi connectivity index (χ0v) is 16.6. The summed E-state index contributed by atoms with van der Waals surface area (Å²) in [5.41, 5.74) is 2.05. The molecule has 0 fully saturated rings. The van der Waals surface area contributed by atoms with Gasteiger partial charge in [0.25, 0.3) is 5.91 Å². The number of amides is 1. The number of anilines is 1. The van der Waals surface area contributed by atoms with Gasteiger partial charge in [-0.05, 0) is 35.9 Å². The highest BCUT2D eigenvalue weighted by Crippen LogP contribution is 2.22. The molecule has 144 valence electrons. The largest absolute Gasteiger partial charge is 0.304 e. The smallest absolute Gasteiger partial charge is 0.258 e. The molecule has 0 aromatic heterocycles. The van der Waals surface area contributed by atoms with Gasteiger partial charge in [0.1, 0.15) is 0 Å². The van der Waals surface area contributed by atoms with Gasteiger partial charge in [-0.1, -0.05) is 54.6 Å². The molecule has 5 nitrogen and oxygen atoms in total. The summed E-state index contributed by atoms with van der Waals surface area (Å²) in [7, 11) is -0.684. The first-order valence-corrected chi connectivity index (χ1v) is 10.3. The summed E-state index contributed by atoms with van der Waals surface area (Å²) in [5.74, 6) is -0.258. The van der Waals surface area contributed by atoms with Gasteiger partial charge in [0.15, 0.2) is 0 Å². The number of para-hydroxylation sites is 1. The van der Waals surface area contributed by atoms with Crippen molar-refractivity contribution >= 4 is 21.6 Å². The summed E-state index contributed by atoms with van der Waals surface area (Å²) < 4.78 is 26.0. The third-order valence-corrected chi connectivity index (χ3v) is 6.17. The van der Waals surface area contributed by atoms with Crippen molar-refractivity contribution in [3.05, 3.63) is 96.1 Å². The molecule has 0 bridgehead atoms. The predicted octanol–water partition coefficient (Wildman–Crippen LogP) is 3.78. The van der Waals surface area contributed by atoms with Gasteiger partial charge in [-0.25, -0.2) is 12.7 Å². The average molecular weight is 394 g/mol. The molecule has 3 aromatic carbocycles. The monoisotopic (exact) mass is 394 g/mol. The topological polar surface area (TPSA) is 57.7 Å². The summed E-state index contributed by atoms with van der Waals surface area (Å²) in [5, 5.41) is 0. The van der Waals surface area contributed by atoms with Crippen LogP contribution in [0.2, 0.25) is 0 Å². The van der Waals surface area contributed by atoms with Crippen LogP contribution in [0.3, 0.4) is 0 Å². The van der Waals surface area contributed by atoms with Gasteiger partial charge in [0, 0.05) is 25.3 Å². The van der Waals surface area contributed by atoms with Crippen LogP contribution in [0, 0.1) is 0 Å². The molecule has 0 saturated carbocycles. The molecular weight excluding hydrogens is 372 g/mol. The van der Waals surface area contributed by atoms with Crippen LogP contribution in [0.15, 0.2) is 89.8 Å². The van der Waals surface area contributed by atoms with Crippen LogP contribution in [-0.2, 0) is 16.6 Å². The zero-order valence-electron chi connectivity index (χ0n) is 15.8. The number of benzene rings is 3. The van der Waals surface area contributed by atoms with E-state index in [1.54, 1.807) is 17.0 Å². The SMILES string of the molecule is CN(C)S(=O)(=O)c1cccc(C(=O)N(Cc2ccccc2)c2ccccc2)c1. The summed E-state index contributed by atoms with van der Waals surface area (Å²) in [6.45, 7) is 0.383. The lowest BCUT2D eigenvalue weighted by atomic mass is 10.1. The Kier molecular flexibility index (Phi) is 5.92. The Hall–Kier alpha value is -2.96. The average Bonchev–Trinajstić information content (AvgIpc) is 2.73. The molecular formula is C22H22N2O3S. The Morgan fingerprint density at radius 3 is 2.04 bits per heavy atom. The first-order chi connectivity index (χ1) is 13.4. The molecule has 0 aliphatic heterocycles. The maximum absolute atomic E-state index is 13.3. The summed E-state index contributed by atoms with van der Waals surface area (Å²) >= 11 is 0. The third-order valence-electron chi connectivity index (χ3n) is 4.36. The predicted molar refractivity (Wildman–Crippen MR) is 111 cm³/mol. The van der Waals surface area contributed by atoms with E-state index in [0.29, 0.717) is 12.1 Å². The molecule has 3 aromatic rings. The molecule has 0 saturated heterocycles. The van der Waals surface area contributed by atoms with E-state index in [9.17, 15) is 13.2 Å². The van der Waals surface area contributed by atoms with Crippen molar-refractivity contribution < 1.29 is 13.2 Å². The fourth-order valence-electron chi connectivity index (χ4n) is 2.81. The lowest BCUT2D eigenvalue weighted by Gasteiger charge is -2.23. The standard InChI is InChI=1S/C22H22N2O3S/c1-23(2)28(26,27)21-15-9-12-19(16-21)22(25)24(20-13-7-4-8-14-20)17-18-10-5-3-6-11-18/h3-16H,17H2,1-2H3. The van der Waals surface area contributed by atoms with Gasteiger partial charge >= 0.3 is 0 Å². The fourth-order valence-corrected chi connectivity index (χ4v) is 3.76. The van der Waals surface area contributed by atoms with Gasteiger partial charge in [0.2, 0.25) is 10.0 Å². The van der Waals surface area contributed by atoms with Crippen molar-refractivity contribution in [3.8, 4) is 0 Å². The minimum Gasteiger partial charge on any atom is -0.304 e. The van der Waals surface area contributed by atoms with Crippen LogP contribution < -0.4 is 4.90 Å². The molecule has 3 rings (SSSR count). The summed E-state index contributed by atoms with van der Waals surface area (Å²) in [6.07, 6.45) is 0. The second-order valence-electron chi connectivity index (χ2n) is 6.53. The number of sulfonamides is 1. The number of hydrogen-bond acceptors (Lipinski definition) is 3. The van der Waals surface area contributed by atoms with Crippen LogP contribution in [-0.4, -0.2) is 32.7 Å². The van der Waals surface area contributed by atoms with Crippen LogP contribution >= 0.6 is 0 Å². The molecule has 0 aliphatic carbocycles.